The highest BCUT2D eigenvalue weighted by molar-refractivity contribution is 5.98. The zero-order valence-corrected chi connectivity index (χ0v) is 16.9. The van der Waals surface area contributed by atoms with Gasteiger partial charge in [0.15, 0.2) is 5.78 Å². The summed E-state index contributed by atoms with van der Waals surface area (Å²) in [6.07, 6.45) is 3.86. The fourth-order valence-electron chi connectivity index (χ4n) is 4.21. The molecule has 4 nitrogen and oxygen atoms in total. The number of nitrogens with zero attached hydrogens (tertiary/aromatic N) is 3. The smallest absolute Gasteiger partial charge is 0.167 e. The predicted molar refractivity (Wildman–Crippen MR) is 112 cm³/mol. The number of hydrogen-bond acceptors (Lipinski definition) is 3. The van der Waals surface area contributed by atoms with Gasteiger partial charge >= 0.3 is 0 Å². The van der Waals surface area contributed by atoms with Crippen LogP contribution in [0.15, 0.2) is 54.7 Å². The van der Waals surface area contributed by atoms with E-state index in [2.05, 4.69) is 10.00 Å². The van der Waals surface area contributed by atoms with Gasteiger partial charge in [0, 0.05) is 48.9 Å². The number of carbonyl (C=O) groups excluding carboxylic acids is 1. The standard InChI is InChI=1S/C24H26FN3O/c1-17-21(14-27(2)26-17)16-28-12-6-9-20(15-28)24(29)19-10-11-22(23(25)13-19)18-7-4-3-5-8-18/h3-5,7-8,10-11,13-14,20H,6,9,12,15-16H2,1-2H3/t20-/m0/s1. The Morgan fingerprint density at radius 2 is 2.00 bits per heavy atom. The third-order valence-electron chi connectivity index (χ3n) is 5.72. The van der Waals surface area contributed by atoms with Crippen molar-refractivity contribution >= 4 is 5.78 Å². The van der Waals surface area contributed by atoms with E-state index in [0.717, 1.165) is 37.2 Å². The number of rotatable bonds is 5. The van der Waals surface area contributed by atoms with E-state index in [-0.39, 0.29) is 17.5 Å². The first-order chi connectivity index (χ1) is 14.0. The van der Waals surface area contributed by atoms with Crippen LogP contribution in [0.4, 0.5) is 4.39 Å². The lowest BCUT2D eigenvalue weighted by atomic mass is 9.89. The van der Waals surface area contributed by atoms with Crippen molar-refractivity contribution < 1.29 is 9.18 Å². The molecule has 1 aromatic heterocycles. The molecule has 0 aliphatic carbocycles. The zero-order chi connectivity index (χ0) is 20.4. The van der Waals surface area contributed by atoms with Crippen molar-refractivity contribution in [2.45, 2.75) is 26.3 Å². The van der Waals surface area contributed by atoms with Crippen molar-refractivity contribution in [3.63, 3.8) is 0 Å². The summed E-state index contributed by atoms with van der Waals surface area (Å²) in [5.74, 6) is -0.403. The summed E-state index contributed by atoms with van der Waals surface area (Å²) >= 11 is 0. The molecule has 3 aromatic rings. The van der Waals surface area contributed by atoms with Gasteiger partial charge in [0.25, 0.3) is 0 Å². The van der Waals surface area contributed by atoms with Crippen LogP contribution in [0.25, 0.3) is 11.1 Å². The molecule has 4 rings (SSSR count). The molecule has 1 fully saturated rings. The van der Waals surface area contributed by atoms with Gasteiger partial charge in [0.1, 0.15) is 5.82 Å². The highest BCUT2D eigenvalue weighted by Gasteiger charge is 2.27. The van der Waals surface area contributed by atoms with E-state index >= 15 is 0 Å². The minimum absolute atomic E-state index is 0.0381. The van der Waals surface area contributed by atoms with Crippen LogP contribution in [0, 0.1) is 18.7 Å². The maximum atomic E-state index is 14.7. The Bertz CT molecular complexity index is 1010. The van der Waals surface area contributed by atoms with Gasteiger partial charge in [-0.1, -0.05) is 42.5 Å². The molecule has 29 heavy (non-hydrogen) atoms. The minimum Gasteiger partial charge on any atom is -0.298 e. The molecule has 0 spiro atoms. The van der Waals surface area contributed by atoms with Gasteiger partial charge in [-0.25, -0.2) is 4.39 Å². The van der Waals surface area contributed by atoms with E-state index < -0.39 is 0 Å². The molecule has 0 amide bonds. The van der Waals surface area contributed by atoms with Crippen molar-refractivity contribution in [2.24, 2.45) is 13.0 Å². The Morgan fingerprint density at radius 1 is 1.21 bits per heavy atom. The summed E-state index contributed by atoms with van der Waals surface area (Å²) in [7, 11) is 1.92. The summed E-state index contributed by atoms with van der Waals surface area (Å²) in [4.78, 5) is 15.4. The molecular weight excluding hydrogens is 365 g/mol. The lowest BCUT2D eigenvalue weighted by Crippen LogP contribution is -2.38. The van der Waals surface area contributed by atoms with Crippen LogP contribution in [0.3, 0.4) is 0 Å². The van der Waals surface area contributed by atoms with Crippen LogP contribution < -0.4 is 0 Å². The monoisotopic (exact) mass is 391 g/mol. The number of ketones is 1. The molecule has 0 bridgehead atoms. The zero-order valence-electron chi connectivity index (χ0n) is 16.9. The molecular formula is C24H26FN3O. The van der Waals surface area contributed by atoms with E-state index in [1.54, 1.807) is 12.1 Å². The quantitative estimate of drug-likeness (QED) is 0.595. The van der Waals surface area contributed by atoms with Gasteiger partial charge < -0.3 is 0 Å². The van der Waals surface area contributed by atoms with Gasteiger partial charge in [-0.3, -0.25) is 14.4 Å². The summed E-state index contributed by atoms with van der Waals surface area (Å²) < 4.78 is 16.5. The Labute approximate surface area is 171 Å². The lowest BCUT2D eigenvalue weighted by molar-refractivity contribution is 0.0811. The third-order valence-corrected chi connectivity index (χ3v) is 5.72. The Kier molecular flexibility index (Phi) is 5.58. The molecule has 0 unspecified atom stereocenters. The maximum Gasteiger partial charge on any atom is 0.167 e. The first-order valence-electron chi connectivity index (χ1n) is 10.1. The molecule has 0 saturated carbocycles. The van der Waals surface area contributed by atoms with E-state index in [1.807, 2.05) is 55.2 Å². The van der Waals surface area contributed by atoms with Crippen LogP contribution in [0.1, 0.15) is 34.5 Å². The molecule has 5 heteroatoms. The largest absolute Gasteiger partial charge is 0.298 e. The molecule has 1 aliphatic heterocycles. The van der Waals surface area contributed by atoms with E-state index in [4.69, 9.17) is 0 Å². The molecule has 1 atom stereocenters. The van der Waals surface area contributed by atoms with E-state index in [1.165, 1.54) is 11.6 Å². The number of aryl methyl sites for hydroxylation is 2. The first-order valence-corrected chi connectivity index (χ1v) is 10.1. The Morgan fingerprint density at radius 3 is 2.69 bits per heavy atom. The topological polar surface area (TPSA) is 38.1 Å². The van der Waals surface area contributed by atoms with Gasteiger partial charge in [0.2, 0.25) is 0 Å². The molecule has 2 aromatic carbocycles. The first kappa shape index (κ1) is 19.5. The maximum absolute atomic E-state index is 14.7. The average Bonchev–Trinajstić information content (AvgIpc) is 3.05. The second kappa shape index (κ2) is 8.29. The van der Waals surface area contributed by atoms with Crippen LogP contribution >= 0.6 is 0 Å². The van der Waals surface area contributed by atoms with Crippen molar-refractivity contribution in [1.82, 2.24) is 14.7 Å². The molecule has 1 aliphatic rings. The minimum atomic E-state index is -0.347. The van der Waals surface area contributed by atoms with Crippen molar-refractivity contribution in [3.8, 4) is 11.1 Å². The van der Waals surface area contributed by atoms with Crippen LogP contribution in [0.2, 0.25) is 0 Å². The van der Waals surface area contributed by atoms with Gasteiger partial charge in [-0.05, 0) is 37.9 Å². The van der Waals surface area contributed by atoms with Gasteiger partial charge in [-0.15, -0.1) is 0 Å². The molecule has 0 N–H and O–H groups in total. The molecule has 150 valence electrons. The number of likely N-dealkylation sites (tertiary alicyclic amines) is 1. The fraction of sp³-hybridized carbons (Fsp3) is 0.333. The summed E-state index contributed by atoms with van der Waals surface area (Å²) in [5, 5.41) is 4.40. The summed E-state index contributed by atoms with van der Waals surface area (Å²) in [6, 6.07) is 14.3. The molecule has 1 saturated heterocycles. The lowest BCUT2D eigenvalue weighted by Gasteiger charge is -2.31. The van der Waals surface area contributed by atoms with Crippen molar-refractivity contribution in [3.05, 3.63) is 77.4 Å². The number of benzene rings is 2. The van der Waals surface area contributed by atoms with E-state index in [9.17, 15) is 9.18 Å². The number of carbonyl (C=O) groups is 1. The number of Topliss-reactive ketones (excluding diaryl/α,β-unsaturated/α-hetero) is 1. The second-order valence-corrected chi connectivity index (χ2v) is 7.91. The Balaban J connectivity index is 1.47. The van der Waals surface area contributed by atoms with Crippen LogP contribution in [-0.4, -0.2) is 33.6 Å². The van der Waals surface area contributed by atoms with Gasteiger partial charge in [0.05, 0.1) is 5.69 Å². The average molecular weight is 391 g/mol. The highest BCUT2D eigenvalue weighted by Crippen LogP contribution is 2.27. The number of halogens is 1. The molecule has 0 radical (unpaired) electrons. The number of aromatic nitrogens is 2. The SMILES string of the molecule is Cc1nn(C)cc1CN1CCC[C@H](C(=O)c2ccc(-c3ccccc3)c(F)c2)C1. The van der Waals surface area contributed by atoms with Crippen LogP contribution in [0.5, 0.6) is 0 Å². The fourth-order valence-corrected chi connectivity index (χ4v) is 4.21. The van der Waals surface area contributed by atoms with E-state index in [0.29, 0.717) is 17.7 Å². The normalized spacial score (nSPS) is 17.4. The number of piperidine rings is 1. The molecule has 2 heterocycles. The highest BCUT2D eigenvalue weighted by atomic mass is 19.1. The van der Waals surface area contributed by atoms with Gasteiger partial charge in [-0.2, -0.15) is 5.10 Å². The second-order valence-electron chi connectivity index (χ2n) is 7.91. The van der Waals surface area contributed by atoms with Crippen molar-refractivity contribution in [1.29, 1.82) is 0 Å². The van der Waals surface area contributed by atoms with Crippen LogP contribution in [-0.2, 0) is 13.6 Å². The number of hydrogen-bond donors (Lipinski definition) is 0. The summed E-state index contributed by atoms with van der Waals surface area (Å²) in [6.45, 7) is 4.48. The summed E-state index contributed by atoms with van der Waals surface area (Å²) in [5.41, 5.74) is 4.03. The third kappa shape index (κ3) is 4.30. The van der Waals surface area contributed by atoms with Crippen molar-refractivity contribution in [2.75, 3.05) is 13.1 Å². The Hall–Kier alpha value is -2.79. The predicted octanol–water partition coefficient (Wildman–Crippen LogP) is 4.63.